The highest BCUT2D eigenvalue weighted by Gasteiger charge is 2.24. The molecule has 0 saturated carbocycles. The van der Waals surface area contributed by atoms with E-state index in [9.17, 15) is 19.7 Å². The number of benzene rings is 2. The van der Waals surface area contributed by atoms with Crippen LogP contribution in [0.5, 0.6) is 0 Å². The number of thioether (sulfide) groups is 1. The number of anilines is 1. The standard InChI is InChI=1S/C25H23Cl2N7O4S2/c1-12(2)21(30-23(36)16-7-6-15(26)9-17(16)27)22-31-25(33-32-22)40-11-20(35)29-24-28-18(10-39-24)14-5-4-13(3)19(8-14)34(37)38/h4-10,12,21H,11H2,1-3H3,(H,30,36)(H,28,29,35)(H,31,32,33)/t21-/m0/s1. The molecule has 0 unspecified atom stereocenters. The molecule has 0 saturated heterocycles. The predicted octanol–water partition coefficient (Wildman–Crippen LogP) is 6.31. The van der Waals surface area contributed by atoms with Gasteiger partial charge in [0.05, 0.1) is 33.0 Å². The molecule has 0 aliphatic carbocycles. The molecule has 0 spiro atoms. The van der Waals surface area contributed by atoms with Crippen LogP contribution in [0.3, 0.4) is 0 Å². The first kappa shape index (κ1) is 29.5. The molecule has 0 fully saturated rings. The van der Waals surface area contributed by atoms with E-state index in [2.05, 4.69) is 30.8 Å². The van der Waals surface area contributed by atoms with Gasteiger partial charge in [0.2, 0.25) is 11.1 Å². The number of thiazole rings is 1. The van der Waals surface area contributed by atoms with Crippen molar-refractivity contribution in [1.82, 2.24) is 25.5 Å². The average molecular weight is 621 g/mol. The summed E-state index contributed by atoms with van der Waals surface area (Å²) in [6, 6.07) is 9.02. The van der Waals surface area contributed by atoms with E-state index in [0.29, 0.717) is 38.0 Å². The fraction of sp³-hybridized carbons (Fsp3) is 0.240. The maximum absolute atomic E-state index is 12.8. The molecule has 11 nitrogen and oxygen atoms in total. The Morgan fingerprint density at radius 2 is 1.95 bits per heavy atom. The van der Waals surface area contributed by atoms with Gasteiger partial charge in [-0.25, -0.2) is 9.97 Å². The Hall–Kier alpha value is -3.52. The number of halogens is 2. The average Bonchev–Trinajstić information content (AvgIpc) is 3.55. The van der Waals surface area contributed by atoms with Gasteiger partial charge in [-0.15, -0.1) is 16.4 Å². The number of aromatic amines is 1. The number of carbonyl (C=O) groups excluding carboxylic acids is 2. The summed E-state index contributed by atoms with van der Waals surface area (Å²) >= 11 is 14.4. The number of hydrogen-bond donors (Lipinski definition) is 3. The van der Waals surface area contributed by atoms with Crippen LogP contribution in [0.25, 0.3) is 11.3 Å². The largest absolute Gasteiger partial charge is 0.342 e. The summed E-state index contributed by atoms with van der Waals surface area (Å²) < 4.78 is 0. The number of nitrogens with one attached hydrogen (secondary N) is 3. The van der Waals surface area contributed by atoms with Crippen molar-refractivity contribution in [3.05, 3.63) is 78.9 Å². The molecule has 4 aromatic rings. The monoisotopic (exact) mass is 619 g/mol. The zero-order chi connectivity index (χ0) is 29.0. The fourth-order valence-corrected chi connectivity index (χ4v) is 5.46. The summed E-state index contributed by atoms with van der Waals surface area (Å²) in [5.74, 6) is -0.278. The minimum absolute atomic E-state index is 0.00593. The third-order valence-electron chi connectivity index (χ3n) is 5.69. The molecule has 0 bridgehead atoms. The molecule has 2 aromatic heterocycles. The fourth-order valence-electron chi connectivity index (χ4n) is 3.62. The smallest absolute Gasteiger partial charge is 0.272 e. The van der Waals surface area contributed by atoms with Crippen LogP contribution in [-0.2, 0) is 4.79 Å². The molecule has 2 amide bonds. The molecule has 208 valence electrons. The molecule has 15 heteroatoms. The summed E-state index contributed by atoms with van der Waals surface area (Å²) in [5.41, 5.74) is 1.95. The first-order chi connectivity index (χ1) is 19.0. The Labute approximate surface area is 247 Å². The highest BCUT2D eigenvalue weighted by atomic mass is 35.5. The minimum Gasteiger partial charge on any atom is -0.342 e. The van der Waals surface area contributed by atoms with Crippen LogP contribution in [0.15, 0.2) is 46.9 Å². The van der Waals surface area contributed by atoms with Gasteiger partial charge >= 0.3 is 0 Å². The molecule has 3 N–H and O–H groups in total. The second-order valence-electron chi connectivity index (χ2n) is 8.96. The van der Waals surface area contributed by atoms with E-state index in [1.54, 1.807) is 36.6 Å². The maximum Gasteiger partial charge on any atom is 0.272 e. The van der Waals surface area contributed by atoms with Gasteiger partial charge in [0.1, 0.15) is 5.82 Å². The van der Waals surface area contributed by atoms with E-state index in [-0.39, 0.29) is 39.8 Å². The third-order valence-corrected chi connectivity index (χ3v) is 7.84. The second-order valence-corrected chi connectivity index (χ2v) is 11.6. The van der Waals surface area contributed by atoms with Crippen molar-refractivity contribution in [2.45, 2.75) is 32.0 Å². The topological polar surface area (TPSA) is 156 Å². The zero-order valence-electron chi connectivity index (χ0n) is 21.4. The van der Waals surface area contributed by atoms with Crippen molar-refractivity contribution >= 4 is 68.9 Å². The van der Waals surface area contributed by atoms with Gasteiger partial charge in [0.15, 0.2) is 5.13 Å². The number of hydrogen-bond acceptors (Lipinski definition) is 9. The number of nitro benzene ring substituents is 1. The van der Waals surface area contributed by atoms with Crippen molar-refractivity contribution in [2.75, 3.05) is 11.1 Å². The highest BCUT2D eigenvalue weighted by molar-refractivity contribution is 7.99. The van der Waals surface area contributed by atoms with E-state index in [1.807, 2.05) is 13.8 Å². The predicted molar refractivity (Wildman–Crippen MR) is 156 cm³/mol. The van der Waals surface area contributed by atoms with E-state index >= 15 is 0 Å². The van der Waals surface area contributed by atoms with Crippen LogP contribution in [0.4, 0.5) is 10.8 Å². The molecule has 2 heterocycles. The molecule has 1 atom stereocenters. The summed E-state index contributed by atoms with van der Waals surface area (Å²) in [4.78, 5) is 45.0. The number of carbonyl (C=O) groups is 2. The Kier molecular flexibility index (Phi) is 9.40. The molecule has 0 radical (unpaired) electrons. The van der Waals surface area contributed by atoms with Crippen LogP contribution in [0, 0.1) is 23.0 Å². The molecule has 2 aromatic carbocycles. The second kappa shape index (κ2) is 12.8. The van der Waals surface area contributed by atoms with Gasteiger partial charge in [0, 0.05) is 27.6 Å². The van der Waals surface area contributed by atoms with Crippen molar-refractivity contribution in [3.8, 4) is 11.3 Å². The number of aromatic nitrogens is 4. The van der Waals surface area contributed by atoms with Crippen molar-refractivity contribution < 1.29 is 14.5 Å². The molecule has 4 rings (SSSR count). The number of aryl methyl sites for hydroxylation is 1. The SMILES string of the molecule is Cc1ccc(-c2csc(NC(=O)CSc3n[nH]c([C@@H](NC(=O)c4ccc(Cl)cc4Cl)C(C)C)n3)n2)cc1[N+](=O)[O-]. The summed E-state index contributed by atoms with van der Waals surface area (Å²) in [6.07, 6.45) is 0. The lowest BCUT2D eigenvalue weighted by atomic mass is 10.0. The van der Waals surface area contributed by atoms with Gasteiger partial charge in [0.25, 0.3) is 11.6 Å². The lowest BCUT2D eigenvalue weighted by molar-refractivity contribution is -0.385. The van der Waals surface area contributed by atoms with Gasteiger partial charge < -0.3 is 10.6 Å². The van der Waals surface area contributed by atoms with E-state index < -0.39 is 11.0 Å². The van der Waals surface area contributed by atoms with Gasteiger partial charge in [-0.1, -0.05) is 60.9 Å². The molecular formula is C25H23Cl2N7O4S2. The normalized spacial score (nSPS) is 11.8. The first-order valence-corrected chi connectivity index (χ1v) is 14.5. The number of nitrogens with zero attached hydrogens (tertiary/aromatic N) is 4. The Morgan fingerprint density at radius 3 is 2.65 bits per heavy atom. The van der Waals surface area contributed by atoms with Crippen molar-refractivity contribution in [3.63, 3.8) is 0 Å². The summed E-state index contributed by atoms with van der Waals surface area (Å²) in [7, 11) is 0. The van der Waals surface area contributed by atoms with Crippen LogP contribution in [-0.4, -0.2) is 42.7 Å². The lowest BCUT2D eigenvalue weighted by Gasteiger charge is -2.20. The van der Waals surface area contributed by atoms with Crippen LogP contribution < -0.4 is 10.6 Å². The summed E-state index contributed by atoms with van der Waals surface area (Å²) in [6.45, 7) is 5.52. The van der Waals surface area contributed by atoms with Crippen LogP contribution >= 0.6 is 46.3 Å². The van der Waals surface area contributed by atoms with E-state index in [4.69, 9.17) is 23.2 Å². The van der Waals surface area contributed by atoms with Gasteiger partial charge in [-0.2, -0.15) is 0 Å². The van der Waals surface area contributed by atoms with Crippen molar-refractivity contribution in [2.24, 2.45) is 5.92 Å². The van der Waals surface area contributed by atoms with Gasteiger partial charge in [-0.05, 0) is 31.0 Å². The number of H-pyrrole nitrogens is 1. The first-order valence-electron chi connectivity index (χ1n) is 11.8. The highest BCUT2D eigenvalue weighted by Crippen LogP contribution is 2.30. The quantitative estimate of drug-likeness (QED) is 0.106. The van der Waals surface area contributed by atoms with Crippen LogP contribution in [0.2, 0.25) is 10.0 Å². The number of nitro groups is 1. The molecular weight excluding hydrogens is 597 g/mol. The Morgan fingerprint density at radius 1 is 1.18 bits per heavy atom. The van der Waals surface area contributed by atoms with Gasteiger partial charge in [-0.3, -0.25) is 24.8 Å². The van der Waals surface area contributed by atoms with E-state index in [0.717, 1.165) is 11.8 Å². The molecule has 0 aliphatic heterocycles. The number of amides is 2. The lowest BCUT2D eigenvalue weighted by Crippen LogP contribution is -2.32. The molecule has 0 aliphatic rings. The van der Waals surface area contributed by atoms with Crippen molar-refractivity contribution in [1.29, 1.82) is 0 Å². The minimum atomic E-state index is -0.485. The third kappa shape index (κ3) is 7.16. The Balaban J connectivity index is 1.35. The zero-order valence-corrected chi connectivity index (χ0v) is 24.5. The van der Waals surface area contributed by atoms with Crippen LogP contribution in [0.1, 0.15) is 41.6 Å². The Bertz CT molecular complexity index is 1570. The van der Waals surface area contributed by atoms with E-state index in [1.165, 1.54) is 23.5 Å². The maximum atomic E-state index is 12.8. The summed E-state index contributed by atoms with van der Waals surface area (Å²) in [5, 5.41) is 27.0. The number of rotatable bonds is 10. The molecule has 40 heavy (non-hydrogen) atoms.